The predicted octanol–water partition coefficient (Wildman–Crippen LogP) is 2.63. The second kappa shape index (κ2) is 8.24. The van der Waals surface area contributed by atoms with Gasteiger partial charge in [-0.05, 0) is 38.3 Å². The first-order valence-corrected chi connectivity index (χ1v) is 9.27. The Balaban J connectivity index is 5.37. The first-order valence-electron chi connectivity index (χ1n) is 7.29. The Bertz CT molecular complexity index is 177. The van der Waals surface area contributed by atoms with E-state index < -0.39 is 8.56 Å². The van der Waals surface area contributed by atoms with E-state index >= 15 is 0 Å². The van der Waals surface area contributed by atoms with E-state index in [4.69, 9.17) is 0 Å². The van der Waals surface area contributed by atoms with E-state index in [1.54, 1.807) is 0 Å². The van der Waals surface area contributed by atoms with E-state index in [0.29, 0.717) is 5.54 Å². The summed E-state index contributed by atoms with van der Waals surface area (Å²) < 4.78 is 5.38. The second-order valence-corrected chi connectivity index (χ2v) is 8.98. The van der Waals surface area contributed by atoms with Gasteiger partial charge in [-0.15, -0.1) is 0 Å². The molecule has 1 N–H and O–H groups in total. The van der Waals surface area contributed by atoms with Crippen LogP contribution in [0.1, 0.15) is 48.5 Å². The fourth-order valence-corrected chi connectivity index (χ4v) is 8.19. The van der Waals surface area contributed by atoms with Gasteiger partial charge in [-0.2, -0.15) is 0 Å². The summed E-state index contributed by atoms with van der Waals surface area (Å²) in [6, 6.07) is 0. The number of hydrogen-bond donors (Lipinski definition) is 1. The molecule has 0 saturated heterocycles. The van der Waals surface area contributed by atoms with Gasteiger partial charge in [-0.25, -0.2) is 0 Å². The number of rotatable bonds is 9. The topological polar surface area (TPSA) is 18.5 Å². The van der Waals surface area contributed by atoms with Crippen LogP contribution in [0, 0.1) is 0 Å². The molecule has 0 rings (SSSR count). The van der Waals surface area contributed by atoms with E-state index in [-0.39, 0.29) is 0 Å². The van der Waals surface area contributed by atoms with E-state index in [2.05, 4.69) is 62.6 Å². The molecule has 0 aliphatic heterocycles. The third-order valence-corrected chi connectivity index (χ3v) is 9.41. The Morgan fingerprint density at radius 3 is 1.35 bits per heavy atom. The first kappa shape index (κ1) is 17.1. The maximum atomic E-state index is 3.89. The molecular formula is C13H33N3Si. The summed E-state index contributed by atoms with van der Waals surface area (Å²) in [6.07, 6.45) is 0. The molecule has 0 amide bonds. The average Bonchev–Trinajstić information content (AvgIpc) is 2.31. The minimum atomic E-state index is -1.72. The lowest BCUT2D eigenvalue weighted by atomic mass is 10.6. The molecule has 0 aromatic heterocycles. The quantitative estimate of drug-likeness (QED) is 0.642. The summed E-state index contributed by atoms with van der Waals surface area (Å²) >= 11 is 0. The van der Waals surface area contributed by atoms with Crippen LogP contribution in [0.5, 0.6) is 0 Å². The van der Waals surface area contributed by atoms with Crippen molar-refractivity contribution in [2.24, 2.45) is 0 Å². The fraction of sp³-hybridized carbons (Fsp3) is 1.00. The maximum Gasteiger partial charge on any atom is 0.289 e. The molecule has 0 spiro atoms. The van der Waals surface area contributed by atoms with Crippen molar-refractivity contribution < 1.29 is 0 Å². The highest BCUT2D eigenvalue weighted by Gasteiger charge is 2.46. The van der Waals surface area contributed by atoms with Crippen molar-refractivity contribution in [1.29, 1.82) is 0 Å². The Morgan fingerprint density at radius 1 is 0.824 bits per heavy atom. The van der Waals surface area contributed by atoms with Gasteiger partial charge in [-0.1, -0.05) is 48.5 Å². The standard InChI is InChI=1S/C13H33N3Si/c1-8-14-17(13(6)7,15(9-2)10-3)16(11-4)12-5/h13-14H,8-12H2,1-7H3. The van der Waals surface area contributed by atoms with Crippen LogP contribution in [0.3, 0.4) is 0 Å². The molecule has 0 bridgehead atoms. The van der Waals surface area contributed by atoms with Gasteiger partial charge in [0.25, 0.3) is 8.56 Å². The molecule has 0 atom stereocenters. The van der Waals surface area contributed by atoms with E-state index in [0.717, 1.165) is 32.7 Å². The van der Waals surface area contributed by atoms with Crippen molar-refractivity contribution in [2.45, 2.75) is 54.0 Å². The summed E-state index contributed by atoms with van der Waals surface area (Å²) in [7, 11) is -1.72. The van der Waals surface area contributed by atoms with Crippen LogP contribution >= 0.6 is 0 Å². The molecule has 0 radical (unpaired) electrons. The fourth-order valence-electron chi connectivity index (χ4n) is 3.03. The van der Waals surface area contributed by atoms with Gasteiger partial charge in [0.1, 0.15) is 0 Å². The Labute approximate surface area is 110 Å². The van der Waals surface area contributed by atoms with Crippen LogP contribution in [0.4, 0.5) is 0 Å². The van der Waals surface area contributed by atoms with Crippen LogP contribution in [-0.4, -0.2) is 50.4 Å². The molecule has 0 aromatic rings. The predicted molar refractivity (Wildman–Crippen MR) is 80.4 cm³/mol. The van der Waals surface area contributed by atoms with Gasteiger partial charge in [0.05, 0.1) is 0 Å². The molecular weight excluding hydrogens is 226 g/mol. The molecule has 104 valence electrons. The monoisotopic (exact) mass is 259 g/mol. The summed E-state index contributed by atoms with van der Waals surface area (Å²) in [4.78, 5) is 3.89. The lowest BCUT2D eigenvalue weighted by Gasteiger charge is -2.50. The SMILES string of the molecule is CCN[Si](C(C)C)(N(CC)CC)N(CC)CC. The van der Waals surface area contributed by atoms with Crippen molar-refractivity contribution in [1.82, 2.24) is 14.1 Å². The molecule has 0 aromatic carbocycles. The van der Waals surface area contributed by atoms with Crippen molar-refractivity contribution in [3.63, 3.8) is 0 Å². The van der Waals surface area contributed by atoms with Gasteiger partial charge in [0, 0.05) is 0 Å². The molecule has 17 heavy (non-hydrogen) atoms. The van der Waals surface area contributed by atoms with Gasteiger partial charge in [0.2, 0.25) is 0 Å². The maximum absolute atomic E-state index is 3.89. The molecule has 3 nitrogen and oxygen atoms in total. The highest BCUT2D eigenvalue weighted by molar-refractivity contribution is 6.73. The highest BCUT2D eigenvalue weighted by atomic mass is 28.4. The van der Waals surface area contributed by atoms with Gasteiger partial charge >= 0.3 is 0 Å². The van der Waals surface area contributed by atoms with Crippen molar-refractivity contribution in [2.75, 3.05) is 32.7 Å². The van der Waals surface area contributed by atoms with Crippen molar-refractivity contribution in [3.8, 4) is 0 Å². The zero-order chi connectivity index (χ0) is 13.5. The molecule has 4 heteroatoms. The van der Waals surface area contributed by atoms with E-state index in [1.165, 1.54) is 0 Å². The third kappa shape index (κ3) is 3.53. The van der Waals surface area contributed by atoms with Crippen molar-refractivity contribution in [3.05, 3.63) is 0 Å². The highest BCUT2D eigenvalue weighted by Crippen LogP contribution is 2.25. The van der Waals surface area contributed by atoms with Gasteiger partial charge in [0.15, 0.2) is 0 Å². The molecule has 0 heterocycles. The van der Waals surface area contributed by atoms with E-state index in [1.807, 2.05) is 0 Å². The second-order valence-electron chi connectivity index (χ2n) is 4.76. The van der Waals surface area contributed by atoms with Crippen molar-refractivity contribution >= 4 is 8.56 Å². The van der Waals surface area contributed by atoms with E-state index in [9.17, 15) is 0 Å². The summed E-state index contributed by atoms with van der Waals surface area (Å²) in [5.41, 5.74) is 0.697. The molecule has 0 aliphatic carbocycles. The van der Waals surface area contributed by atoms with Crippen LogP contribution in [0.25, 0.3) is 0 Å². The summed E-state index contributed by atoms with van der Waals surface area (Å²) in [6.45, 7) is 21.8. The Kier molecular flexibility index (Phi) is 8.29. The zero-order valence-corrected chi connectivity index (χ0v) is 14.0. The number of nitrogens with one attached hydrogen (secondary N) is 1. The smallest absolute Gasteiger partial charge is 0.289 e. The van der Waals surface area contributed by atoms with Crippen LogP contribution in [0.15, 0.2) is 0 Å². The molecule has 0 aliphatic rings. The minimum absolute atomic E-state index is 0.697. The summed E-state index contributed by atoms with van der Waals surface area (Å²) in [5, 5.41) is 0. The molecule has 0 unspecified atom stereocenters. The third-order valence-electron chi connectivity index (χ3n) is 3.73. The zero-order valence-electron chi connectivity index (χ0n) is 13.0. The first-order chi connectivity index (χ1) is 8.04. The molecule has 0 fully saturated rings. The van der Waals surface area contributed by atoms with Crippen LogP contribution in [0.2, 0.25) is 5.54 Å². The minimum Gasteiger partial charge on any atom is -0.313 e. The van der Waals surface area contributed by atoms with Gasteiger partial charge < -0.3 is 4.98 Å². The van der Waals surface area contributed by atoms with Crippen LogP contribution in [-0.2, 0) is 0 Å². The lowest BCUT2D eigenvalue weighted by Crippen LogP contribution is -2.75. The largest absolute Gasteiger partial charge is 0.313 e. The number of nitrogens with zero attached hydrogens (tertiary/aromatic N) is 2. The van der Waals surface area contributed by atoms with Gasteiger partial charge in [-0.3, -0.25) is 9.13 Å². The summed E-state index contributed by atoms with van der Waals surface area (Å²) in [5.74, 6) is 0. The average molecular weight is 260 g/mol. The Hall–Kier alpha value is 0.0969. The normalized spacial score (nSPS) is 13.1. The molecule has 0 saturated carbocycles. The lowest BCUT2D eigenvalue weighted by molar-refractivity contribution is 0.325. The van der Waals surface area contributed by atoms with Crippen LogP contribution < -0.4 is 4.98 Å². The Morgan fingerprint density at radius 2 is 1.18 bits per heavy atom. The number of hydrogen-bond acceptors (Lipinski definition) is 3.